The number of hydrogen-bond donors (Lipinski definition) is 0. The fourth-order valence-corrected chi connectivity index (χ4v) is 2.68. The van der Waals surface area contributed by atoms with Crippen LogP contribution in [0.5, 0.6) is 0 Å². The van der Waals surface area contributed by atoms with Crippen LogP contribution in [0.25, 0.3) is 0 Å². The van der Waals surface area contributed by atoms with E-state index in [4.69, 9.17) is 0 Å². The van der Waals surface area contributed by atoms with Crippen molar-refractivity contribution < 1.29 is 0 Å². The van der Waals surface area contributed by atoms with Crippen molar-refractivity contribution in [1.29, 1.82) is 0 Å². The normalized spacial score (nSPS) is 30.5. The summed E-state index contributed by atoms with van der Waals surface area (Å²) in [6.07, 6.45) is 6.56. The van der Waals surface area contributed by atoms with E-state index in [-0.39, 0.29) is 0 Å². The zero-order valence-electron chi connectivity index (χ0n) is 9.33. The predicted octanol–water partition coefficient (Wildman–Crippen LogP) is 3.62. The molecule has 1 fully saturated rings. The van der Waals surface area contributed by atoms with Crippen molar-refractivity contribution in [3.63, 3.8) is 0 Å². The highest BCUT2D eigenvalue weighted by atomic mass is 14.6. The highest BCUT2D eigenvalue weighted by molar-refractivity contribution is 5.19. The third-order valence-corrected chi connectivity index (χ3v) is 4.14. The lowest BCUT2D eigenvalue weighted by atomic mass is 9.74. The minimum atomic E-state index is 0.434. The predicted molar refractivity (Wildman–Crippen MR) is 59.2 cm³/mol. The Hall–Kier alpha value is -0.850. The molecular weight excluding hydrogens is 170 g/mol. The van der Waals surface area contributed by atoms with Gasteiger partial charge < -0.3 is 0 Å². The number of nitrogens with zero attached hydrogens (tertiary/aromatic N) is 1. The highest BCUT2D eigenvalue weighted by Gasteiger charge is 2.40. The first-order valence-electron chi connectivity index (χ1n) is 5.52. The van der Waals surface area contributed by atoms with Gasteiger partial charge in [0.2, 0.25) is 0 Å². The van der Waals surface area contributed by atoms with Crippen LogP contribution < -0.4 is 0 Å². The Morgan fingerprint density at radius 3 is 2.64 bits per heavy atom. The molecule has 0 saturated heterocycles. The van der Waals surface area contributed by atoms with Gasteiger partial charge in [0, 0.05) is 12.4 Å². The van der Waals surface area contributed by atoms with Gasteiger partial charge in [-0.05, 0) is 41.7 Å². The molecule has 14 heavy (non-hydrogen) atoms. The van der Waals surface area contributed by atoms with Crippen LogP contribution in [0, 0.1) is 11.3 Å². The maximum absolute atomic E-state index is 4.22. The molecule has 2 rings (SSSR count). The molecular formula is C13H19N. The molecule has 0 N–H and O–H groups in total. The lowest BCUT2D eigenvalue weighted by molar-refractivity contribution is 0.248. The van der Waals surface area contributed by atoms with Crippen molar-refractivity contribution in [1.82, 2.24) is 4.98 Å². The van der Waals surface area contributed by atoms with Gasteiger partial charge in [-0.3, -0.25) is 4.98 Å². The van der Waals surface area contributed by atoms with Gasteiger partial charge in [0.25, 0.3) is 0 Å². The Morgan fingerprint density at radius 2 is 2.14 bits per heavy atom. The third-order valence-electron chi connectivity index (χ3n) is 4.14. The summed E-state index contributed by atoms with van der Waals surface area (Å²) in [5, 5.41) is 0. The number of aromatic nitrogens is 1. The molecule has 1 aromatic rings. The number of pyridine rings is 1. The minimum Gasteiger partial charge on any atom is -0.264 e. The van der Waals surface area contributed by atoms with E-state index in [9.17, 15) is 0 Å². The Balaban J connectivity index is 2.29. The second-order valence-corrected chi connectivity index (χ2v) is 5.14. The Labute approximate surface area is 86.6 Å². The van der Waals surface area contributed by atoms with Gasteiger partial charge in [0.05, 0.1) is 0 Å². The molecule has 0 aliphatic heterocycles. The van der Waals surface area contributed by atoms with Gasteiger partial charge in [0.1, 0.15) is 0 Å². The van der Waals surface area contributed by atoms with Crippen LogP contribution in [0.3, 0.4) is 0 Å². The van der Waals surface area contributed by atoms with Gasteiger partial charge in [0.15, 0.2) is 0 Å². The van der Waals surface area contributed by atoms with E-state index in [2.05, 4.69) is 37.9 Å². The van der Waals surface area contributed by atoms with Crippen LogP contribution >= 0.6 is 0 Å². The van der Waals surface area contributed by atoms with E-state index in [0.29, 0.717) is 11.3 Å². The van der Waals surface area contributed by atoms with E-state index in [1.807, 2.05) is 12.4 Å². The lowest BCUT2D eigenvalue weighted by Crippen LogP contribution is -2.21. The molecule has 76 valence electrons. The molecule has 1 heteroatoms. The summed E-state index contributed by atoms with van der Waals surface area (Å²) in [6.45, 7) is 7.15. The first kappa shape index (κ1) is 9.70. The Morgan fingerprint density at radius 1 is 1.36 bits per heavy atom. The Bertz CT molecular complexity index is 302. The standard InChI is InChI=1S/C13H19N/c1-10-6-7-12(13(10,2)3)11-5-4-8-14-9-11/h4-5,8-10,12H,6-7H2,1-3H3/t10-,12?/m1/s1. The zero-order chi connectivity index (χ0) is 10.2. The molecule has 1 aliphatic rings. The van der Waals surface area contributed by atoms with Gasteiger partial charge >= 0.3 is 0 Å². The average Bonchev–Trinajstić information content (AvgIpc) is 2.44. The highest BCUT2D eigenvalue weighted by Crippen LogP contribution is 2.52. The molecule has 2 atom stereocenters. The summed E-state index contributed by atoms with van der Waals surface area (Å²) in [5.41, 5.74) is 1.85. The van der Waals surface area contributed by atoms with Gasteiger partial charge in [-0.25, -0.2) is 0 Å². The monoisotopic (exact) mass is 189 g/mol. The molecule has 1 unspecified atom stereocenters. The van der Waals surface area contributed by atoms with Crippen molar-refractivity contribution in [2.75, 3.05) is 0 Å². The number of rotatable bonds is 1. The molecule has 0 spiro atoms. The summed E-state index contributed by atoms with van der Waals surface area (Å²) < 4.78 is 0. The van der Waals surface area contributed by atoms with E-state index in [1.165, 1.54) is 18.4 Å². The summed E-state index contributed by atoms with van der Waals surface area (Å²) in [4.78, 5) is 4.22. The van der Waals surface area contributed by atoms with Crippen LogP contribution in [0.15, 0.2) is 24.5 Å². The average molecular weight is 189 g/mol. The molecule has 1 aliphatic carbocycles. The fourth-order valence-electron chi connectivity index (χ4n) is 2.68. The van der Waals surface area contributed by atoms with Crippen molar-refractivity contribution in [3.05, 3.63) is 30.1 Å². The first-order valence-corrected chi connectivity index (χ1v) is 5.52. The van der Waals surface area contributed by atoms with Gasteiger partial charge in [-0.1, -0.05) is 26.8 Å². The Kier molecular flexibility index (Phi) is 2.34. The topological polar surface area (TPSA) is 12.9 Å². The van der Waals surface area contributed by atoms with Crippen molar-refractivity contribution in [2.45, 2.75) is 39.5 Å². The molecule has 0 aromatic carbocycles. The summed E-state index contributed by atoms with van der Waals surface area (Å²) in [6, 6.07) is 4.27. The van der Waals surface area contributed by atoms with Crippen molar-refractivity contribution >= 4 is 0 Å². The van der Waals surface area contributed by atoms with E-state index >= 15 is 0 Å². The van der Waals surface area contributed by atoms with Crippen molar-refractivity contribution in [2.24, 2.45) is 11.3 Å². The number of hydrogen-bond acceptors (Lipinski definition) is 1. The van der Waals surface area contributed by atoms with E-state index in [1.54, 1.807) is 0 Å². The summed E-state index contributed by atoms with van der Waals surface area (Å²) in [5.74, 6) is 1.53. The maximum Gasteiger partial charge on any atom is 0.0302 e. The van der Waals surface area contributed by atoms with Crippen LogP contribution in [0.2, 0.25) is 0 Å². The molecule has 1 aromatic heterocycles. The largest absolute Gasteiger partial charge is 0.264 e. The van der Waals surface area contributed by atoms with E-state index in [0.717, 1.165) is 5.92 Å². The molecule has 0 bridgehead atoms. The quantitative estimate of drug-likeness (QED) is 0.657. The zero-order valence-corrected chi connectivity index (χ0v) is 9.33. The fraction of sp³-hybridized carbons (Fsp3) is 0.615. The lowest BCUT2D eigenvalue weighted by Gasteiger charge is -2.31. The first-order chi connectivity index (χ1) is 6.62. The van der Waals surface area contributed by atoms with Crippen LogP contribution in [0.4, 0.5) is 0 Å². The molecule has 0 radical (unpaired) electrons. The van der Waals surface area contributed by atoms with Gasteiger partial charge in [-0.2, -0.15) is 0 Å². The third kappa shape index (κ3) is 1.45. The second-order valence-electron chi connectivity index (χ2n) is 5.14. The van der Waals surface area contributed by atoms with E-state index < -0.39 is 0 Å². The molecule has 1 nitrogen and oxygen atoms in total. The SMILES string of the molecule is C[C@@H]1CCC(c2cccnc2)C1(C)C. The molecule has 1 saturated carbocycles. The van der Waals surface area contributed by atoms with Crippen LogP contribution in [-0.4, -0.2) is 4.98 Å². The van der Waals surface area contributed by atoms with Crippen molar-refractivity contribution in [3.8, 4) is 0 Å². The van der Waals surface area contributed by atoms with Gasteiger partial charge in [-0.15, -0.1) is 0 Å². The smallest absolute Gasteiger partial charge is 0.0302 e. The van der Waals surface area contributed by atoms with Crippen LogP contribution in [-0.2, 0) is 0 Å². The minimum absolute atomic E-state index is 0.434. The summed E-state index contributed by atoms with van der Waals surface area (Å²) in [7, 11) is 0. The maximum atomic E-state index is 4.22. The second kappa shape index (κ2) is 3.38. The van der Waals surface area contributed by atoms with Crippen LogP contribution in [0.1, 0.15) is 45.1 Å². The molecule has 1 heterocycles. The molecule has 0 amide bonds. The summed E-state index contributed by atoms with van der Waals surface area (Å²) >= 11 is 0.